The molecule has 1 aromatic carbocycles. The van der Waals surface area contributed by atoms with Crippen LogP contribution in [-0.4, -0.2) is 19.3 Å². The van der Waals surface area contributed by atoms with Crippen molar-refractivity contribution in [3.8, 4) is 0 Å². The van der Waals surface area contributed by atoms with Crippen LogP contribution in [0.3, 0.4) is 0 Å². The molecule has 0 saturated carbocycles. The minimum atomic E-state index is 0.423. The van der Waals surface area contributed by atoms with Gasteiger partial charge in [-0.15, -0.1) is 0 Å². The van der Waals surface area contributed by atoms with Crippen LogP contribution in [0.5, 0.6) is 0 Å². The van der Waals surface area contributed by atoms with Gasteiger partial charge in [0.25, 0.3) is 0 Å². The van der Waals surface area contributed by atoms with Gasteiger partial charge in [0.1, 0.15) is 0 Å². The molecule has 1 aromatic rings. The van der Waals surface area contributed by atoms with E-state index in [1.807, 2.05) is 0 Å². The first kappa shape index (κ1) is 14.1. The van der Waals surface area contributed by atoms with Crippen LogP contribution in [0.1, 0.15) is 55.8 Å². The fourth-order valence-corrected chi connectivity index (χ4v) is 3.99. The van der Waals surface area contributed by atoms with E-state index >= 15 is 0 Å². The zero-order chi connectivity index (χ0) is 13.9. The summed E-state index contributed by atoms with van der Waals surface area (Å²) in [4.78, 5) is 0. The third kappa shape index (κ3) is 2.64. The molecular formula is C18H27NO. The summed E-state index contributed by atoms with van der Waals surface area (Å²) >= 11 is 0. The van der Waals surface area contributed by atoms with Gasteiger partial charge in [-0.2, -0.15) is 0 Å². The summed E-state index contributed by atoms with van der Waals surface area (Å²) in [5.41, 5.74) is 4.62. The van der Waals surface area contributed by atoms with Crippen LogP contribution < -0.4 is 5.32 Å². The van der Waals surface area contributed by atoms with E-state index in [1.54, 1.807) is 11.1 Å². The van der Waals surface area contributed by atoms with Crippen LogP contribution in [0.2, 0.25) is 0 Å². The zero-order valence-corrected chi connectivity index (χ0v) is 12.8. The molecule has 1 N–H and O–H groups in total. The molecule has 20 heavy (non-hydrogen) atoms. The van der Waals surface area contributed by atoms with Gasteiger partial charge in [-0.05, 0) is 55.3 Å². The molecule has 2 heteroatoms. The van der Waals surface area contributed by atoms with Crippen molar-refractivity contribution in [2.24, 2.45) is 5.92 Å². The van der Waals surface area contributed by atoms with E-state index in [0.29, 0.717) is 18.1 Å². The van der Waals surface area contributed by atoms with Gasteiger partial charge in [0.05, 0.1) is 6.10 Å². The van der Waals surface area contributed by atoms with Crippen LogP contribution in [0.4, 0.5) is 0 Å². The lowest BCUT2D eigenvalue weighted by Gasteiger charge is -2.28. The second kappa shape index (κ2) is 6.28. The summed E-state index contributed by atoms with van der Waals surface area (Å²) in [6.45, 7) is 6.40. The van der Waals surface area contributed by atoms with Crippen molar-refractivity contribution < 1.29 is 4.74 Å². The van der Waals surface area contributed by atoms with E-state index in [9.17, 15) is 0 Å². The molecule has 2 nitrogen and oxygen atoms in total. The maximum absolute atomic E-state index is 5.92. The van der Waals surface area contributed by atoms with Crippen molar-refractivity contribution in [3.05, 3.63) is 34.9 Å². The van der Waals surface area contributed by atoms with Crippen molar-refractivity contribution in [1.82, 2.24) is 5.32 Å². The number of benzene rings is 1. The average molecular weight is 273 g/mol. The predicted octanol–water partition coefficient (Wildman–Crippen LogP) is 3.64. The van der Waals surface area contributed by atoms with E-state index < -0.39 is 0 Å². The van der Waals surface area contributed by atoms with E-state index in [2.05, 4.69) is 37.4 Å². The number of hydrogen-bond acceptors (Lipinski definition) is 2. The Morgan fingerprint density at radius 1 is 1.25 bits per heavy atom. The van der Waals surface area contributed by atoms with Gasteiger partial charge in [0, 0.05) is 18.6 Å². The number of fused-ring (bicyclic) bond motifs is 1. The molecule has 3 atom stereocenters. The zero-order valence-electron chi connectivity index (χ0n) is 12.8. The van der Waals surface area contributed by atoms with Gasteiger partial charge in [-0.3, -0.25) is 0 Å². The second-order valence-electron chi connectivity index (χ2n) is 6.19. The Hall–Kier alpha value is -0.860. The van der Waals surface area contributed by atoms with Crippen LogP contribution >= 0.6 is 0 Å². The molecule has 2 aliphatic rings. The lowest BCUT2D eigenvalue weighted by atomic mass is 9.85. The minimum Gasteiger partial charge on any atom is -0.378 e. The lowest BCUT2D eigenvalue weighted by molar-refractivity contribution is 0.0776. The molecule has 3 unspecified atom stereocenters. The molecule has 3 rings (SSSR count). The van der Waals surface area contributed by atoms with Crippen molar-refractivity contribution in [3.63, 3.8) is 0 Å². The first-order valence-corrected chi connectivity index (χ1v) is 8.30. The van der Waals surface area contributed by atoms with Gasteiger partial charge in [0.2, 0.25) is 0 Å². The summed E-state index contributed by atoms with van der Waals surface area (Å²) < 4.78 is 5.92. The Balaban J connectivity index is 1.86. The minimum absolute atomic E-state index is 0.423. The Kier molecular flexibility index (Phi) is 4.42. The number of rotatable bonds is 5. The molecule has 1 aliphatic heterocycles. The number of ether oxygens (including phenoxy) is 1. The SMILES string of the molecule is CCNC(c1ccc2c(c1)CCC2)C1CCOC1CC. The Morgan fingerprint density at radius 2 is 2.10 bits per heavy atom. The molecule has 1 saturated heterocycles. The standard InChI is InChI=1S/C18H27NO/c1-3-17-16(10-11-20-17)18(19-4-2)15-9-8-13-6-5-7-14(13)12-15/h8-9,12,16-19H,3-7,10-11H2,1-2H3. The molecule has 0 spiro atoms. The normalized spacial score (nSPS) is 26.7. The Bertz CT molecular complexity index is 457. The van der Waals surface area contributed by atoms with Gasteiger partial charge >= 0.3 is 0 Å². The van der Waals surface area contributed by atoms with E-state index in [0.717, 1.165) is 19.6 Å². The smallest absolute Gasteiger partial charge is 0.0619 e. The van der Waals surface area contributed by atoms with Gasteiger partial charge in [-0.25, -0.2) is 0 Å². The highest BCUT2D eigenvalue weighted by Gasteiger charge is 2.34. The predicted molar refractivity (Wildman–Crippen MR) is 83.0 cm³/mol. The van der Waals surface area contributed by atoms with Crippen molar-refractivity contribution in [2.75, 3.05) is 13.2 Å². The molecule has 110 valence electrons. The lowest BCUT2D eigenvalue weighted by Crippen LogP contribution is -2.32. The maximum Gasteiger partial charge on any atom is 0.0619 e. The first-order valence-electron chi connectivity index (χ1n) is 8.30. The summed E-state index contributed by atoms with van der Waals surface area (Å²) in [6.07, 6.45) is 6.60. The molecule has 0 radical (unpaired) electrons. The third-order valence-electron chi connectivity index (χ3n) is 5.00. The molecular weight excluding hydrogens is 246 g/mol. The number of hydrogen-bond donors (Lipinski definition) is 1. The first-order chi connectivity index (χ1) is 9.83. The van der Waals surface area contributed by atoms with Gasteiger partial charge in [-0.1, -0.05) is 32.0 Å². The fraction of sp³-hybridized carbons (Fsp3) is 0.667. The monoisotopic (exact) mass is 273 g/mol. The highest BCUT2D eigenvalue weighted by atomic mass is 16.5. The summed E-state index contributed by atoms with van der Waals surface area (Å²) in [5.74, 6) is 0.624. The van der Waals surface area contributed by atoms with Crippen molar-refractivity contribution >= 4 is 0 Å². The van der Waals surface area contributed by atoms with Crippen LogP contribution in [-0.2, 0) is 17.6 Å². The van der Waals surface area contributed by atoms with Crippen molar-refractivity contribution in [2.45, 2.75) is 58.1 Å². The van der Waals surface area contributed by atoms with Crippen molar-refractivity contribution in [1.29, 1.82) is 0 Å². The van der Waals surface area contributed by atoms with E-state index in [4.69, 9.17) is 4.74 Å². The highest BCUT2D eigenvalue weighted by molar-refractivity contribution is 5.37. The fourth-order valence-electron chi connectivity index (χ4n) is 3.99. The molecule has 0 bridgehead atoms. The maximum atomic E-state index is 5.92. The molecule has 1 heterocycles. The van der Waals surface area contributed by atoms with Crippen LogP contribution in [0.15, 0.2) is 18.2 Å². The quantitative estimate of drug-likeness (QED) is 0.884. The average Bonchev–Trinajstić information content (AvgIpc) is 3.12. The van der Waals surface area contributed by atoms with Crippen LogP contribution in [0, 0.1) is 5.92 Å². The topological polar surface area (TPSA) is 21.3 Å². The highest BCUT2D eigenvalue weighted by Crippen LogP contribution is 2.36. The summed E-state index contributed by atoms with van der Waals surface area (Å²) in [7, 11) is 0. The van der Waals surface area contributed by atoms with E-state index in [1.165, 1.54) is 31.2 Å². The van der Waals surface area contributed by atoms with Crippen LogP contribution in [0.25, 0.3) is 0 Å². The largest absolute Gasteiger partial charge is 0.378 e. The molecule has 0 aromatic heterocycles. The Morgan fingerprint density at radius 3 is 2.90 bits per heavy atom. The molecule has 0 amide bonds. The summed E-state index contributed by atoms with van der Waals surface area (Å²) in [5, 5.41) is 3.72. The Labute approximate surface area is 122 Å². The van der Waals surface area contributed by atoms with Gasteiger partial charge in [0.15, 0.2) is 0 Å². The van der Waals surface area contributed by atoms with E-state index in [-0.39, 0.29) is 0 Å². The third-order valence-corrected chi connectivity index (χ3v) is 5.00. The summed E-state index contributed by atoms with van der Waals surface area (Å²) in [6, 6.07) is 7.63. The second-order valence-corrected chi connectivity index (χ2v) is 6.19. The van der Waals surface area contributed by atoms with Gasteiger partial charge < -0.3 is 10.1 Å². The molecule has 1 aliphatic carbocycles. The number of aryl methyl sites for hydroxylation is 2. The molecule has 1 fully saturated rings. The number of nitrogens with one attached hydrogen (secondary N) is 1.